The molecule has 0 unspecified atom stereocenters. The van der Waals surface area contributed by atoms with Crippen molar-refractivity contribution in [2.45, 2.75) is 4.90 Å². The number of nitrogens with zero attached hydrogens (tertiary/aromatic N) is 1. The van der Waals surface area contributed by atoms with Gasteiger partial charge in [-0.25, -0.2) is 26.3 Å². The van der Waals surface area contributed by atoms with Crippen LogP contribution in [0.4, 0.5) is 5.69 Å². The zero-order valence-electron chi connectivity index (χ0n) is 16.3. The minimum absolute atomic E-state index is 0.0564. The van der Waals surface area contributed by atoms with Crippen LogP contribution in [0.2, 0.25) is 0 Å². The molecule has 1 amide bonds. The number of sulfonamides is 1. The highest BCUT2D eigenvalue weighted by Gasteiger charge is 2.16. The van der Waals surface area contributed by atoms with Gasteiger partial charge in [0.05, 0.1) is 11.2 Å². The summed E-state index contributed by atoms with van der Waals surface area (Å²) in [6.07, 6.45) is 6.17. The highest BCUT2D eigenvalue weighted by atomic mass is 32.2. The Kier molecular flexibility index (Phi) is 6.29. The first kappa shape index (κ1) is 22.3. The Morgan fingerprint density at radius 1 is 1.00 bits per heavy atom. The lowest BCUT2D eigenvalue weighted by Gasteiger charge is -2.09. The van der Waals surface area contributed by atoms with Crippen LogP contribution in [0.5, 0.6) is 0 Å². The van der Waals surface area contributed by atoms with Crippen LogP contribution in [-0.2, 0) is 24.8 Å². The molecule has 0 saturated carbocycles. The van der Waals surface area contributed by atoms with E-state index in [4.69, 9.17) is 5.21 Å². The molecule has 0 aliphatic rings. The van der Waals surface area contributed by atoms with Crippen LogP contribution >= 0.6 is 0 Å². The molecular weight excluding hydrogens is 442 g/mol. The molecule has 0 spiro atoms. The molecule has 0 atom stereocenters. The number of aromatic nitrogens is 1. The summed E-state index contributed by atoms with van der Waals surface area (Å²) in [5, 5.41) is 8.48. The highest BCUT2D eigenvalue weighted by Crippen LogP contribution is 2.25. The smallest absolute Gasteiger partial charge is 0.267 e. The van der Waals surface area contributed by atoms with Crippen molar-refractivity contribution in [1.29, 1.82) is 0 Å². The Morgan fingerprint density at radius 3 is 2.35 bits per heavy atom. The molecule has 0 saturated heterocycles. The number of benzene rings is 2. The maximum Gasteiger partial charge on any atom is 0.267 e. The number of amides is 1. The fourth-order valence-electron chi connectivity index (χ4n) is 2.77. The number of rotatable bonds is 7. The van der Waals surface area contributed by atoms with Gasteiger partial charge < -0.3 is 0 Å². The first-order valence-corrected chi connectivity index (χ1v) is 12.2. The van der Waals surface area contributed by atoms with E-state index in [2.05, 4.69) is 4.72 Å². The largest absolute Gasteiger partial charge is 0.288 e. The van der Waals surface area contributed by atoms with Gasteiger partial charge in [-0.05, 0) is 53.1 Å². The van der Waals surface area contributed by atoms with Crippen LogP contribution < -0.4 is 10.2 Å². The summed E-state index contributed by atoms with van der Waals surface area (Å²) in [5.74, 6) is -0.734. The van der Waals surface area contributed by atoms with Crippen LogP contribution in [0.1, 0.15) is 5.56 Å². The Bertz CT molecular complexity index is 1340. The summed E-state index contributed by atoms with van der Waals surface area (Å²) in [6.45, 7) is 0. The van der Waals surface area contributed by atoms with E-state index in [0.29, 0.717) is 22.4 Å². The summed E-state index contributed by atoms with van der Waals surface area (Å²) in [4.78, 5) is 11.1. The lowest BCUT2D eigenvalue weighted by molar-refractivity contribution is -0.124. The summed E-state index contributed by atoms with van der Waals surface area (Å²) >= 11 is 0. The monoisotopic (exact) mass is 461 g/mol. The quantitative estimate of drug-likeness (QED) is 0.281. The van der Waals surface area contributed by atoms with E-state index in [0.717, 1.165) is 16.3 Å². The zero-order valence-corrected chi connectivity index (χ0v) is 17.9. The second kappa shape index (κ2) is 8.76. The molecule has 0 aliphatic heterocycles. The molecule has 3 N–H and O–H groups in total. The van der Waals surface area contributed by atoms with E-state index in [1.165, 1.54) is 42.1 Å². The molecule has 1 aromatic heterocycles. The summed E-state index contributed by atoms with van der Waals surface area (Å²) in [5.41, 5.74) is 3.73. The van der Waals surface area contributed by atoms with Crippen molar-refractivity contribution in [2.24, 2.45) is 0 Å². The van der Waals surface area contributed by atoms with Gasteiger partial charge in [-0.3, -0.25) is 14.7 Å². The predicted molar refractivity (Wildman–Crippen MR) is 116 cm³/mol. The van der Waals surface area contributed by atoms with Crippen LogP contribution in [0.3, 0.4) is 0 Å². The van der Waals surface area contributed by atoms with E-state index in [1.54, 1.807) is 36.4 Å². The Balaban J connectivity index is 1.84. The second-order valence-corrected chi connectivity index (χ2v) is 10.2. The second-order valence-electron chi connectivity index (χ2n) is 6.57. The Labute approximate surface area is 179 Å². The Hall–Kier alpha value is -3.41. The van der Waals surface area contributed by atoms with Gasteiger partial charge in [0, 0.05) is 24.2 Å². The number of carbonyl (C=O) groups is 1. The lowest BCUT2D eigenvalue weighted by atomic mass is 10.1. The molecule has 3 aromatic rings. The van der Waals surface area contributed by atoms with Crippen molar-refractivity contribution in [3.63, 3.8) is 0 Å². The van der Waals surface area contributed by atoms with E-state index < -0.39 is 26.0 Å². The van der Waals surface area contributed by atoms with Crippen molar-refractivity contribution in [3.05, 3.63) is 78.6 Å². The van der Waals surface area contributed by atoms with Crippen LogP contribution in [0, 0.1) is 0 Å². The third kappa shape index (κ3) is 5.60. The maximum absolute atomic E-state index is 12.8. The van der Waals surface area contributed by atoms with Gasteiger partial charge in [0.15, 0.2) is 0 Å². The molecule has 0 aliphatic carbocycles. The lowest BCUT2D eigenvalue weighted by Crippen LogP contribution is -2.14. The summed E-state index contributed by atoms with van der Waals surface area (Å²) in [6, 6.07) is 14.4. The third-order valence-corrected chi connectivity index (χ3v) is 6.41. The molecule has 0 fully saturated rings. The molecule has 162 valence electrons. The summed E-state index contributed by atoms with van der Waals surface area (Å²) < 4.78 is 51.9. The number of nitrogens with one attached hydrogen (secondary N) is 2. The minimum atomic E-state index is -3.85. The van der Waals surface area contributed by atoms with E-state index in [1.807, 2.05) is 0 Å². The minimum Gasteiger partial charge on any atom is -0.288 e. The molecule has 3 rings (SSSR count). The normalized spacial score (nSPS) is 12.1. The SMILES string of the molecule is CS(=O)(=O)Nc1cccc(-c2ccc(S(=O)(=O)n3ccc(/C=C/C(=O)NO)c3)cc2)c1. The molecule has 0 bridgehead atoms. The van der Waals surface area contributed by atoms with Gasteiger partial charge in [0.1, 0.15) is 0 Å². The van der Waals surface area contributed by atoms with Gasteiger partial charge in [-0.15, -0.1) is 0 Å². The molecule has 11 heteroatoms. The molecule has 0 radical (unpaired) electrons. The van der Waals surface area contributed by atoms with E-state index in [-0.39, 0.29) is 4.90 Å². The number of hydrogen-bond donors (Lipinski definition) is 3. The van der Waals surface area contributed by atoms with Gasteiger partial charge in [-0.1, -0.05) is 24.3 Å². The summed E-state index contributed by atoms with van der Waals surface area (Å²) in [7, 11) is -7.27. The number of hydroxylamine groups is 1. The topological polar surface area (TPSA) is 135 Å². The predicted octanol–water partition coefficient (Wildman–Crippen LogP) is 2.28. The first-order valence-electron chi connectivity index (χ1n) is 8.82. The van der Waals surface area contributed by atoms with Crippen molar-refractivity contribution in [2.75, 3.05) is 11.0 Å². The average molecular weight is 462 g/mol. The van der Waals surface area contributed by atoms with Crippen LogP contribution in [-0.4, -0.2) is 38.2 Å². The fourth-order valence-corrected chi connectivity index (χ4v) is 4.53. The first-order chi connectivity index (χ1) is 14.6. The van der Waals surface area contributed by atoms with Crippen LogP contribution in [0.25, 0.3) is 17.2 Å². The number of hydrogen-bond acceptors (Lipinski definition) is 6. The highest BCUT2D eigenvalue weighted by molar-refractivity contribution is 7.92. The molecule has 9 nitrogen and oxygen atoms in total. The van der Waals surface area contributed by atoms with Gasteiger partial charge in [-0.2, -0.15) is 0 Å². The van der Waals surface area contributed by atoms with Gasteiger partial charge in [0.25, 0.3) is 15.9 Å². The van der Waals surface area contributed by atoms with Crippen molar-refractivity contribution in [1.82, 2.24) is 9.45 Å². The molecule has 31 heavy (non-hydrogen) atoms. The Morgan fingerprint density at radius 2 is 1.71 bits per heavy atom. The van der Waals surface area contributed by atoms with Crippen molar-refractivity contribution < 1.29 is 26.8 Å². The zero-order chi connectivity index (χ0) is 22.6. The fraction of sp³-hybridized carbons (Fsp3) is 0.0500. The maximum atomic E-state index is 12.8. The van der Waals surface area contributed by atoms with Gasteiger partial charge in [0.2, 0.25) is 10.0 Å². The average Bonchev–Trinajstić information content (AvgIpc) is 3.21. The molecular formula is C20H19N3O6S2. The number of anilines is 1. The van der Waals surface area contributed by atoms with Crippen molar-refractivity contribution in [3.8, 4) is 11.1 Å². The molecule has 1 heterocycles. The van der Waals surface area contributed by atoms with Crippen molar-refractivity contribution >= 4 is 37.7 Å². The molecule has 2 aromatic carbocycles. The van der Waals surface area contributed by atoms with E-state index >= 15 is 0 Å². The third-order valence-electron chi connectivity index (χ3n) is 4.16. The van der Waals surface area contributed by atoms with Crippen LogP contribution in [0.15, 0.2) is 78.0 Å². The standard InChI is InChI=1S/C20H19N3O6S2/c1-30(26,27)22-18-4-2-3-17(13-18)16-6-8-19(9-7-16)31(28,29)23-12-11-15(14-23)5-10-20(24)21-25/h2-14,22,25H,1H3,(H,21,24)/b10-5+. The van der Waals surface area contributed by atoms with Gasteiger partial charge >= 0.3 is 0 Å². The van der Waals surface area contributed by atoms with E-state index in [9.17, 15) is 21.6 Å². The number of carbonyl (C=O) groups excluding carboxylic acids is 1.